The molecule has 2 N–H and O–H groups in total. The first-order valence-corrected chi connectivity index (χ1v) is 10.9. The molecule has 1 aromatic carbocycles. The molecule has 8 nitrogen and oxygen atoms in total. The first-order chi connectivity index (χ1) is 14.4. The van der Waals surface area contributed by atoms with Crippen molar-refractivity contribution in [1.29, 1.82) is 0 Å². The Hall–Kier alpha value is -3.11. The van der Waals surface area contributed by atoms with Crippen LogP contribution in [-0.2, 0) is 11.8 Å². The van der Waals surface area contributed by atoms with Crippen LogP contribution in [0.5, 0.6) is 0 Å². The van der Waals surface area contributed by atoms with Crippen molar-refractivity contribution < 1.29 is 4.79 Å². The topological polar surface area (TPSA) is 102 Å². The third-order valence-electron chi connectivity index (χ3n) is 4.77. The number of nitrogens with one attached hydrogen (secondary N) is 2. The van der Waals surface area contributed by atoms with Gasteiger partial charge in [-0.05, 0) is 37.4 Å². The molecular formula is C20H19N5O3S2. The maximum Gasteiger partial charge on any atom is 0.295 e. The van der Waals surface area contributed by atoms with Crippen LogP contribution < -0.4 is 16.4 Å². The number of benzene rings is 1. The molecule has 0 saturated heterocycles. The van der Waals surface area contributed by atoms with Crippen molar-refractivity contribution in [3.63, 3.8) is 0 Å². The van der Waals surface area contributed by atoms with E-state index < -0.39 is 5.25 Å². The predicted octanol–water partition coefficient (Wildman–Crippen LogP) is 2.90. The van der Waals surface area contributed by atoms with Crippen LogP contribution in [0.3, 0.4) is 0 Å². The fourth-order valence-corrected chi connectivity index (χ4v) is 4.68. The molecule has 3 heterocycles. The van der Waals surface area contributed by atoms with E-state index in [1.807, 2.05) is 30.3 Å². The highest BCUT2D eigenvalue weighted by Crippen LogP contribution is 2.23. The lowest BCUT2D eigenvalue weighted by Gasteiger charge is -2.10. The van der Waals surface area contributed by atoms with E-state index in [1.54, 1.807) is 37.0 Å². The lowest BCUT2D eigenvalue weighted by atomic mass is 10.3. The lowest BCUT2D eigenvalue weighted by molar-refractivity contribution is -0.115. The van der Waals surface area contributed by atoms with Crippen molar-refractivity contribution in [1.82, 2.24) is 19.3 Å². The molecule has 3 aromatic heterocycles. The van der Waals surface area contributed by atoms with E-state index in [2.05, 4.69) is 15.3 Å². The number of amides is 1. The van der Waals surface area contributed by atoms with Gasteiger partial charge < -0.3 is 10.3 Å². The lowest BCUT2D eigenvalue weighted by Crippen LogP contribution is -2.27. The van der Waals surface area contributed by atoms with Gasteiger partial charge in [-0.2, -0.15) is 0 Å². The summed E-state index contributed by atoms with van der Waals surface area (Å²) in [5.74, 6) is -0.347. The van der Waals surface area contributed by atoms with Gasteiger partial charge in [-0.3, -0.25) is 19.1 Å². The highest BCUT2D eigenvalue weighted by molar-refractivity contribution is 8.00. The van der Waals surface area contributed by atoms with Crippen LogP contribution in [-0.4, -0.2) is 30.5 Å². The second kappa shape index (κ2) is 7.96. The molecular weight excluding hydrogens is 422 g/mol. The zero-order valence-corrected chi connectivity index (χ0v) is 18.1. The molecule has 1 amide bonds. The molecule has 10 heteroatoms. The van der Waals surface area contributed by atoms with Crippen molar-refractivity contribution in [2.75, 3.05) is 5.32 Å². The summed E-state index contributed by atoms with van der Waals surface area (Å²) >= 11 is 2.50. The van der Waals surface area contributed by atoms with Gasteiger partial charge in [0.15, 0.2) is 5.16 Å². The Balaban J connectivity index is 1.57. The van der Waals surface area contributed by atoms with Crippen molar-refractivity contribution in [3.05, 3.63) is 68.2 Å². The number of rotatable bonds is 5. The second-order valence-corrected chi connectivity index (χ2v) is 8.92. The number of fused-ring (bicyclic) bond motifs is 1. The molecule has 0 saturated carbocycles. The summed E-state index contributed by atoms with van der Waals surface area (Å²) in [4.78, 5) is 45.6. The molecule has 4 rings (SSSR count). The molecule has 0 fully saturated rings. The van der Waals surface area contributed by atoms with E-state index in [0.29, 0.717) is 26.8 Å². The van der Waals surface area contributed by atoms with E-state index in [9.17, 15) is 14.4 Å². The Bertz CT molecular complexity index is 1350. The van der Waals surface area contributed by atoms with E-state index >= 15 is 0 Å². The number of thiophene rings is 1. The van der Waals surface area contributed by atoms with Crippen molar-refractivity contribution in [2.24, 2.45) is 7.05 Å². The number of para-hydroxylation sites is 1. The van der Waals surface area contributed by atoms with E-state index in [4.69, 9.17) is 0 Å². The van der Waals surface area contributed by atoms with Gasteiger partial charge in [-0.1, -0.05) is 30.0 Å². The SMILES string of the molecule is Cc1c(NC(=O)[C@H](C)Sc2nc3sccc3c(=O)[nH]2)c(=O)n(-c2ccccc2)n1C. The standard InChI is InChI=1S/C20H19N5O3S2/c1-11-15(19(28)25(24(11)3)13-7-5-4-6-8-13)21-16(26)12(2)30-20-22-17(27)14-9-10-29-18(14)23-20/h4-10,12H,1-3H3,(H,21,26)(H,22,23,27)/t12-/m0/s1. The molecule has 0 aliphatic heterocycles. The number of aromatic amines is 1. The summed E-state index contributed by atoms with van der Waals surface area (Å²) in [6.07, 6.45) is 0. The van der Waals surface area contributed by atoms with Gasteiger partial charge >= 0.3 is 0 Å². The zero-order chi connectivity index (χ0) is 21.4. The van der Waals surface area contributed by atoms with Gasteiger partial charge in [0.1, 0.15) is 10.5 Å². The Kier molecular flexibility index (Phi) is 5.35. The molecule has 1 atom stereocenters. The fraction of sp³-hybridized carbons (Fsp3) is 0.200. The number of nitrogens with zero attached hydrogens (tertiary/aromatic N) is 3. The van der Waals surface area contributed by atoms with Crippen LogP contribution >= 0.6 is 23.1 Å². The highest BCUT2D eigenvalue weighted by Gasteiger charge is 2.22. The molecule has 4 aromatic rings. The van der Waals surface area contributed by atoms with Crippen molar-refractivity contribution >= 4 is 44.9 Å². The minimum atomic E-state index is -0.574. The number of hydrogen-bond acceptors (Lipinski definition) is 6. The number of anilines is 1. The van der Waals surface area contributed by atoms with Crippen molar-refractivity contribution in [2.45, 2.75) is 24.3 Å². The second-order valence-electron chi connectivity index (χ2n) is 6.70. The minimum absolute atomic E-state index is 0.231. The van der Waals surface area contributed by atoms with Crippen LogP contribution in [0, 0.1) is 6.92 Å². The highest BCUT2D eigenvalue weighted by atomic mass is 32.2. The van der Waals surface area contributed by atoms with Crippen LogP contribution in [0.1, 0.15) is 12.6 Å². The van der Waals surface area contributed by atoms with E-state index in [0.717, 1.165) is 11.8 Å². The maximum atomic E-state index is 13.0. The molecule has 0 bridgehead atoms. The van der Waals surface area contributed by atoms with Gasteiger partial charge in [-0.25, -0.2) is 9.67 Å². The Labute approximate surface area is 179 Å². The van der Waals surface area contributed by atoms with Gasteiger partial charge in [0.2, 0.25) is 5.91 Å². The van der Waals surface area contributed by atoms with Gasteiger partial charge in [0.05, 0.1) is 22.0 Å². The van der Waals surface area contributed by atoms with Crippen molar-refractivity contribution in [3.8, 4) is 5.69 Å². The fourth-order valence-electron chi connectivity index (χ4n) is 3.06. The zero-order valence-electron chi connectivity index (χ0n) is 16.5. The molecule has 0 unspecified atom stereocenters. The summed E-state index contributed by atoms with van der Waals surface area (Å²) in [7, 11) is 1.77. The van der Waals surface area contributed by atoms with Crippen LogP contribution in [0.25, 0.3) is 15.9 Å². The Morgan fingerprint density at radius 3 is 2.70 bits per heavy atom. The summed E-state index contributed by atoms with van der Waals surface area (Å²) in [6.45, 7) is 3.48. The normalized spacial score (nSPS) is 12.2. The predicted molar refractivity (Wildman–Crippen MR) is 120 cm³/mol. The Morgan fingerprint density at radius 1 is 1.23 bits per heavy atom. The minimum Gasteiger partial charge on any atom is -0.319 e. The van der Waals surface area contributed by atoms with Gasteiger partial charge in [-0.15, -0.1) is 11.3 Å². The largest absolute Gasteiger partial charge is 0.319 e. The number of aromatic nitrogens is 4. The van der Waals surface area contributed by atoms with E-state index in [1.165, 1.54) is 16.0 Å². The first kappa shape index (κ1) is 20.2. The number of H-pyrrole nitrogens is 1. The van der Waals surface area contributed by atoms with Crippen LogP contribution in [0.2, 0.25) is 0 Å². The molecule has 154 valence electrons. The third kappa shape index (κ3) is 3.59. The van der Waals surface area contributed by atoms with E-state index in [-0.39, 0.29) is 22.7 Å². The number of carbonyl (C=O) groups excluding carboxylic acids is 1. The van der Waals surface area contributed by atoms with Gasteiger partial charge in [0.25, 0.3) is 11.1 Å². The maximum absolute atomic E-state index is 13.0. The number of hydrogen-bond donors (Lipinski definition) is 2. The molecule has 30 heavy (non-hydrogen) atoms. The molecule has 0 radical (unpaired) electrons. The summed E-state index contributed by atoms with van der Waals surface area (Å²) in [5.41, 5.74) is 1.04. The smallest absolute Gasteiger partial charge is 0.295 e. The third-order valence-corrected chi connectivity index (χ3v) is 6.56. The summed E-state index contributed by atoms with van der Waals surface area (Å²) in [5, 5.41) is 4.87. The quantitative estimate of drug-likeness (QED) is 0.366. The summed E-state index contributed by atoms with van der Waals surface area (Å²) in [6, 6.07) is 10.9. The number of carbonyl (C=O) groups is 1. The summed E-state index contributed by atoms with van der Waals surface area (Å²) < 4.78 is 3.21. The first-order valence-electron chi connectivity index (χ1n) is 9.16. The van der Waals surface area contributed by atoms with Crippen LogP contribution in [0.4, 0.5) is 5.69 Å². The average molecular weight is 442 g/mol. The monoisotopic (exact) mass is 441 g/mol. The van der Waals surface area contributed by atoms with Crippen LogP contribution in [0.15, 0.2) is 56.5 Å². The molecule has 0 aliphatic carbocycles. The Morgan fingerprint density at radius 2 is 1.97 bits per heavy atom. The number of thioether (sulfide) groups is 1. The average Bonchev–Trinajstić information content (AvgIpc) is 3.28. The molecule has 0 aliphatic rings. The van der Waals surface area contributed by atoms with Gasteiger partial charge in [0, 0.05) is 7.05 Å². The molecule has 0 spiro atoms.